The second-order valence-electron chi connectivity index (χ2n) is 6.84. The molecular formula is C16H29N3O2. The van der Waals surface area contributed by atoms with E-state index in [9.17, 15) is 9.59 Å². The molecule has 0 spiro atoms. The molecule has 2 atom stereocenters. The fourth-order valence-corrected chi connectivity index (χ4v) is 3.21. The third kappa shape index (κ3) is 4.99. The van der Waals surface area contributed by atoms with Crippen molar-refractivity contribution in [2.75, 3.05) is 26.2 Å². The molecular weight excluding hydrogens is 266 g/mol. The normalized spacial score (nSPS) is 26.1. The lowest BCUT2D eigenvalue weighted by atomic mass is 9.97. The maximum Gasteiger partial charge on any atom is 0.237 e. The summed E-state index contributed by atoms with van der Waals surface area (Å²) in [6.45, 7) is 7.47. The van der Waals surface area contributed by atoms with Gasteiger partial charge in [-0.3, -0.25) is 9.59 Å². The first kappa shape index (κ1) is 16.3. The Balaban J connectivity index is 1.73. The average Bonchev–Trinajstić information content (AvgIpc) is 2.98. The summed E-state index contributed by atoms with van der Waals surface area (Å²) in [4.78, 5) is 26.1. The van der Waals surface area contributed by atoms with Gasteiger partial charge < -0.3 is 15.5 Å². The second-order valence-corrected chi connectivity index (χ2v) is 6.84. The molecule has 0 aliphatic carbocycles. The van der Waals surface area contributed by atoms with Gasteiger partial charge in [-0.25, -0.2) is 0 Å². The molecule has 2 heterocycles. The lowest BCUT2D eigenvalue weighted by molar-refractivity contribution is -0.133. The van der Waals surface area contributed by atoms with E-state index in [0.29, 0.717) is 24.8 Å². The highest BCUT2D eigenvalue weighted by atomic mass is 16.2. The molecule has 2 N–H and O–H groups in total. The Bertz CT molecular complexity index is 365. The fraction of sp³-hybridized carbons (Fsp3) is 0.875. The Morgan fingerprint density at radius 1 is 1.29 bits per heavy atom. The standard InChI is InChI=1S/C16H29N3O2/c1-12(2)9-15(20)19-8-4-5-13(11-19)10-18-16(21)14-6-3-7-17-14/h12-14,17H,3-11H2,1-2H3,(H,18,21). The Morgan fingerprint density at radius 3 is 2.76 bits per heavy atom. The zero-order chi connectivity index (χ0) is 15.2. The fourth-order valence-electron chi connectivity index (χ4n) is 3.21. The van der Waals surface area contributed by atoms with Crippen LogP contribution in [0, 0.1) is 11.8 Å². The van der Waals surface area contributed by atoms with Crippen molar-refractivity contribution in [2.24, 2.45) is 11.8 Å². The third-order valence-electron chi connectivity index (χ3n) is 4.40. The van der Waals surface area contributed by atoms with Crippen molar-refractivity contribution in [1.82, 2.24) is 15.5 Å². The number of rotatable bonds is 5. The van der Waals surface area contributed by atoms with Crippen LogP contribution in [0.15, 0.2) is 0 Å². The SMILES string of the molecule is CC(C)CC(=O)N1CCCC(CNC(=O)C2CCCN2)C1. The van der Waals surface area contributed by atoms with E-state index in [1.54, 1.807) is 0 Å². The number of amides is 2. The van der Waals surface area contributed by atoms with Crippen LogP contribution in [0.2, 0.25) is 0 Å². The van der Waals surface area contributed by atoms with Crippen molar-refractivity contribution >= 4 is 11.8 Å². The predicted octanol–water partition coefficient (Wildman–Crippen LogP) is 1.14. The van der Waals surface area contributed by atoms with E-state index >= 15 is 0 Å². The summed E-state index contributed by atoms with van der Waals surface area (Å²) in [5.74, 6) is 1.20. The number of hydrogen-bond donors (Lipinski definition) is 2. The van der Waals surface area contributed by atoms with Crippen LogP contribution < -0.4 is 10.6 Å². The minimum absolute atomic E-state index is 0.00716. The molecule has 0 aromatic rings. The number of hydrogen-bond acceptors (Lipinski definition) is 3. The molecule has 0 aromatic carbocycles. The molecule has 2 saturated heterocycles. The van der Waals surface area contributed by atoms with Crippen LogP contribution in [0.4, 0.5) is 0 Å². The van der Waals surface area contributed by atoms with E-state index in [2.05, 4.69) is 24.5 Å². The van der Waals surface area contributed by atoms with Gasteiger partial charge in [-0.05, 0) is 44.1 Å². The second kappa shape index (κ2) is 7.78. The Hall–Kier alpha value is -1.10. The van der Waals surface area contributed by atoms with Gasteiger partial charge in [0.1, 0.15) is 0 Å². The molecule has 21 heavy (non-hydrogen) atoms. The first-order valence-electron chi connectivity index (χ1n) is 8.35. The van der Waals surface area contributed by atoms with Crippen LogP contribution in [0.1, 0.15) is 46.0 Å². The molecule has 5 nitrogen and oxygen atoms in total. The minimum Gasteiger partial charge on any atom is -0.354 e. The summed E-state index contributed by atoms with van der Waals surface area (Å²) in [6, 6.07) is -0.00716. The molecule has 0 radical (unpaired) electrons. The first-order chi connectivity index (χ1) is 10.1. The van der Waals surface area contributed by atoms with Crippen LogP contribution in [0.5, 0.6) is 0 Å². The van der Waals surface area contributed by atoms with E-state index < -0.39 is 0 Å². The van der Waals surface area contributed by atoms with Crippen LogP contribution in [-0.4, -0.2) is 48.9 Å². The zero-order valence-corrected chi connectivity index (χ0v) is 13.4. The monoisotopic (exact) mass is 295 g/mol. The summed E-state index contributed by atoms with van der Waals surface area (Å²) >= 11 is 0. The Kier molecular flexibility index (Phi) is 6.03. The van der Waals surface area contributed by atoms with E-state index in [-0.39, 0.29) is 17.9 Å². The average molecular weight is 295 g/mol. The highest BCUT2D eigenvalue weighted by Gasteiger charge is 2.26. The highest BCUT2D eigenvalue weighted by Crippen LogP contribution is 2.18. The van der Waals surface area contributed by atoms with Crippen molar-refractivity contribution in [3.8, 4) is 0 Å². The molecule has 0 bridgehead atoms. The smallest absolute Gasteiger partial charge is 0.237 e. The number of nitrogens with one attached hydrogen (secondary N) is 2. The molecule has 5 heteroatoms. The maximum atomic E-state index is 12.1. The molecule has 120 valence electrons. The van der Waals surface area contributed by atoms with Gasteiger partial charge in [0.25, 0.3) is 0 Å². The van der Waals surface area contributed by atoms with E-state index in [1.165, 1.54) is 0 Å². The molecule has 0 aromatic heterocycles. The number of nitrogens with zero attached hydrogens (tertiary/aromatic N) is 1. The highest BCUT2D eigenvalue weighted by molar-refractivity contribution is 5.82. The van der Waals surface area contributed by atoms with Gasteiger partial charge in [0, 0.05) is 26.1 Å². The molecule has 2 fully saturated rings. The summed E-state index contributed by atoms with van der Waals surface area (Å²) in [7, 11) is 0. The predicted molar refractivity (Wildman–Crippen MR) is 82.8 cm³/mol. The Labute approximate surface area is 127 Å². The van der Waals surface area contributed by atoms with Crippen LogP contribution >= 0.6 is 0 Å². The van der Waals surface area contributed by atoms with Crippen molar-refractivity contribution in [1.29, 1.82) is 0 Å². The number of likely N-dealkylation sites (tertiary alicyclic amines) is 1. The van der Waals surface area contributed by atoms with Crippen molar-refractivity contribution < 1.29 is 9.59 Å². The summed E-state index contributed by atoms with van der Waals surface area (Å²) < 4.78 is 0. The van der Waals surface area contributed by atoms with Gasteiger partial charge in [-0.15, -0.1) is 0 Å². The number of carbonyl (C=O) groups excluding carboxylic acids is 2. The summed E-state index contributed by atoms with van der Waals surface area (Å²) in [5, 5.41) is 6.27. The van der Waals surface area contributed by atoms with Gasteiger partial charge >= 0.3 is 0 Å². The van der Waals surface area contributed by atoms with Gasteiger partial charge in [-0.2, -0.15) is 0 Å². The van der Waals surface area contributed by atoms with Crippen LogP contribution in [0.3, 0.4) is 0 Å². The maximum absolute atomic E-state index is 12.1. The zero-order valence-electron chi connectivity index (χ0n) is 13.4. The number of carbonyl (C=O) groups is 2. The Morgan fingerprint density at radius 2 is 2.10 bits per heavy atom. The summed E-state index contributed by atoms with van der Waals surface area (Å²) in [6.07, 6.45) is 4.80. The lowest BCUT2D eigenvalue weighted by Crippen LogP contribution is -2.46. The van der Waals surface area contributed by atoms with Crippen molar-refractivity contribution in [3.63, 3.8) is 0 Å². The molecule has 2 amide bonds. The van der Waals surface area contributed by atoms with E-state index in [1.807, 2.05) is 4.90 Å². The first-order valence-corrected chi connectivity index (χ1v) is 8.35. The van der Waals surface area contributed by atoms with E-state index in [0.717, 1.165) is 45.3 Å². The van der Waals surface area contributed by atoms with Gasteiger partial charge in [0.15, 0.2) is 0 Å². The molecule has 0 saturated carbocycles. The van der Waals surface area contributed by atoms with E-state index in [4.69, 9.17) is 0 Å². The molecule has 2 aliphatic rings. The topological polar surface area (TPSA) is 61.4 Å². The van der Waals surface area contributed by atoms with Crippen LogP contribution in [0.25, 0.3) is 0 Å². The van der Waals surface area contributed by atoms with Gasteiger partial charge in [0.2, 0.25) is 11.8 Å². The third-order valence-corrected chi connectivity index (χ3v) is 4.40. The quantitative estimate of drug-likeness (QED) is 0.799. The molecule has 2 unspecified atom stereocenters. The van der Waals surface area contributed by atoms with Crippen molar-refractivity contribution in [2.45, 2.75) is 52.0 Å². The largest absolute Gasteiger partial charge is 0.354 e. The lowest BCUT2D eigenvalue weighted by Gasteiger charge is -2.33. The van der Waals surface area contributed by atoms with Crippen molar-refractivity contribution in [3.05, 3.63) is 0 Å². The molecule has 2 rings (SSSR count). The summed E-state index contributed by atoms with van der Waals surface area (Å²) in [5.41, 5.74) is 0. The molecule has 2 aliphatic heterocycles. The minimum atomic E-state index is -0.00716. The van der Waals surface area contributed by atoms with Crippen LogP contribution in [-0.2, 0) is 9.59 Å². The van der Waals surface area contributed by atoms with Gasteiger partial charge in [0.05, 0.1) is 6.04 Å². The van der Waals surface area contributed by atoms with Gasteiger partial charge in [-0.1, -0.05) is 13.8 Å². The number of piperidine rings is 1.